The number of piperidine rings is 1. The van der Waals surface area contributed by atoms with Gasteiger partial charge in [0.2, 0.25) is 0 Å². The summed E-state index contributed by atoms with van der Waals surface area (Å²) in [7, 11) is 0. The number of aromatic nitrogens is 1. The Hall–Kier alpha value is -1.93. The number of nitriles is 1. The van der Waals surface area contributed by atoms with Gasteiger partial charge in [0.15, 0.2) is 0 Å². The Morgan fingerprint density at radius 3 is 2.86 bits per heavy atom. The summed E-state index contributed by atoms with van der Waals surface area (Å²) in [5.74, 6) is -0.0677. The molecule has 0 radical (unpaired) electrons. The average Bonchev–Trinajstić information content (AvgIpc) is 2.53. The fourth-order valence-electron chi connectivity index (χ4n) is 2.58. The highest BCUT2D eigenvalue weighted by Gasteiger charge is 2.24. The van der Waals surface area contributed by atoms with Crippen LogP contribution in [0.25, 0.3) is 0 Å². The number of amides is 1. The van der Waals surface area contributed by atoms with Crippen molar-refractivity contribution in [2.75, 3.05) is 13.1 Å². The molecule has 112 valence electrons. The molecule has 1 unspecified atom stereocenters. The van der Waals surface area contributed by atoms with E-state index in [0.29, 0.717) is 23.8 Å². The first kappa shape index (κ1) is 15.5. The number of nitrogens with one attached hydrogen (secondary N) is 1. The molecule has 1 saturated heterocycles. The van der Waals surface area contributed by atoms with Gasteiger partial charge in [-0.25, -0.2) is 4.98 Å². The summed E-state index contributed by atoms with van der Waals surface area (Å²) < 4.78 is 0. The predicted octanol–water partition coefficient (Wildman–Crippen LogP) is 1.95. The molecule has 1 aliphatic heterocycles. The Morgan fingerprint density at radius 1 is 1.52 bits per heavy atom. The summed E-state index contributed by atoms with van der Waals surface area (Å²) >= 11 is 0. The Morgan fingerprint density at radius 2 is 2.33 bits per heavy atom. The lowest BCUT2D eigenvalue weighted by Crippen LogP contribution is -2.48. The first-order valence-corrected chi connectivity index (χ1v) is 7.52. The second-order valence-corrected chi connectivity index (χ2v) is 5.74. The largest absolute Gasteiger partial charge is 0.333 e. The van der Waals surface area contributed by atoms with Crippen molar-refractivity contribution in [3.8, 4) is 6.07 Å². The Kier molecular flexibility index (Phi) is 5.29. The molecule has 1 aliphatic rings. The molecule has 1 aromatic heterocycles. The van der Waals surface area contributed by atoms with Crippen molar-refractivity contribution in [3.05, 3.63) is 29.6 Å². The van der Waals surface area contributed by atoms with Crippen molar-refractivity contribution in [2.24, 2.45) is 0 Å². The van der Waals surface area contributed by atoms with Crippen LogP contribution in [0.1, 0.15) is 49.2 Å². The van der Waals surface area contributed by atoms with Crippen LogP contribution < -0.4 is 5.32 Å². The van der Waals surface area contributed by atoms with E-state index in [1.165, 1.54) is 19.0 Å². The maximum absolute atomic E-state index is 12.6. The number of carbonyl (C=O) groups excluding carboxylic acids is 1. The van der Waals surface area contributed by atoms with Gasteiger partial charge in [-0.3, -0.25) is 4.79 Å². The van der Waals surface area contributed by atoms with E-state index in [-0.39, 0.29) is 11.9 Å². The van der Waals surface area contributed by atoms with Crippen molar-refractivity contribution in [1.82, 2.24) is 15.2 Å². The van der Waals surface area contributed by atoms with E-state index in [4.69, 9.17) is 5.26 Å². The highest BCUT2D eigenvalue weighted by atomic mass is 16.2. The number of nitrogens with zero attached hydrogens (tertiary/aromatic N) is 3. The molecule has 0 bridgehead atoms. The highest BCUT2D eigenvalue weighted by molar-refractivity contribution is 5.92. The molecule has 0 aromatic carbocycles. The quantitative estimate of drug-likeness (QED) is 0.918. The maximum Gasteiger partial charge on any atom is 0.272 e. The molecule has 21 heavy (non-hydrogen) atoms. The molecule has 2 heterocycles. The van der Waals surface area contributed by atoms with E-state index < -0.39 is 0 Å². The van der Waals surface area contributed by atoms with Gasteiger partial charge in [0, 0.05) is 24.8 Å². The number of rotatable bonds is 4. The summed E-state index contributed by atoms with van der Waals surface area (Å²) in [6.07, 6.45) is 4.98. The normalized spacial score (nSPS) is 18.3. The minimum atomic E-state index is -0.0677. The summed E-state index contributed by atoms with van der Waals surface area (Å²) in [6, 6.07) is 5.77. The van der Waals surface area contributed by atoms with Gasteiger partial charge < -0.3 is 10.2 Å². The van der Waals surface area contributed by atoms with Crippen LogP contribution in [-0.4, -0.2) is 41.0 Å². The lowest BCUT2D eigenvalue weighted by atomic mass is 10.0. The molecule has 5 heteroatoms. The zero-order chi connectivity index (χ0) is 15.2. The Labute approximate surface area is 126 Å². The van der Waals surface area contributed by atoms with Gasteiger partial charge in [-0.2, -0.15) is 5.26 Å². The maximum atomic E-state index is 12.6. The van der Waals surface area contributed by atoms with Crippen molar-refractivity contribution in [2.45, 2.75) is 45.2 Å². The lowest BCUT2D eigenvalue weighted by Gasteiger charge is -2.33. The van der Waals surface area contributed by atoms with Gasteiger partial charge in [0.05, 0.1) is 5.56 Å². The fourth-order valence-corrected chi connectivity index (χ4v) is 2.58. The minimum Gasteiger partial charge on any atom is -0.333 e. The van der Waals surface area contributed by atoms with E-state index in [2.05, 4.69) is 10.3 Å². The highest BCUT2D eigenvalue weighted by Crippen LogP contribution is 2.13. The standard InChI is InChI=1S/C16H22N4O/c1-12(2)20(11-14-5-3-4-8-18-14)16(21)15-7-6-13(9-17)10-19-15/h6-7,10,12,14,18H,3-5,8,11H2,1-2H3. The molecule has 0 aliphatic carbocycles. The van der Waals surface area contributed by atoms with Crippen LogP contribution in [0.4, 0.5) is 0 Å². The topological polar surface area (TPSA) is 69.0 Å². The van der Waals surface area contributed by atoms with Gasteiger partial charge in [0.1, 0.15) is 11.8 Å². The van der Waals surface area contributed by atoms with Crippen molar-refractivity contribution >= 4 is 5.91 Å². The third-order valence-corrected chi connectivity index (χ3v) is 3.83. The zero-order valence-electron chi connectivity index (χ0n) is 12.7. The lowest BCUT2D eigenvalue weighted by molar-refractivity contribution is 0.0671. The summed E-state index contributed by atoms with van der Waals surface area (Å²) in [6.45, 7) is 5.77. The van der Waals surface area contributed by atoms with Crippen LogP contribution in [0.3, 0.4) is 0 Å². The monoisotopic (exact) mass is 286 g/mol. The van der Waals surface area contributed by atoms with E-state index in [0.717, 1.165) is 13.0 Å². The van der Waals surface area contributed by atoms with E-state index >= 15 is 0 Å². The molecule has 2 rings (SSSR count). The Bertz CT molecular complexity index is 512. The molecule has 1 amide bonds. The molecule has 0 spiro atoms. The van der Waals surface area contributed by atoms with Gasteiger partial charge in [0.25, 0.3) is 5.91 Å². The Balaban J connectivity index is 2.08. The SMILES string of the molecule is CC(C)N(CC1CCCCN1)C(=O)c1ccc(C#N)cn1. The van der Waals surface area contributed by atoms with Crippen LogP contribution >= 0.6 is 0 Å². The third-order valence-electron chi connectivity index (χ3n) is 3.83. The van der Waals surface area contributed by atoms with Crippen LogP contribution in [0.15, 0.2) is 18.3 Å². The number of hydrogen-bond acceptors (Lipinski definition) is 4. The molecule has 1 atom stereocenters. The smallest absolute Gasteiger partial charge is 0.272 e. The summed E-state index contributed by atoms with van der Waals surface area (Å²) in [4.78, 5) is 18.6. The molecule has 1 fully saturated rings. The number of pyridine rings is 1. The van der Waals surface area contributed by atoms with Crippen LogP contribution in [0.5, 0.6) is 0 Å². The van der Waals surface area contributed by atoms with Crippen molar-refractivity contribution < 1.29 is 4.79 Å². The first-order valence-electron chi connectivity index (χ1n) is 7.52. The van der Waals surface area contributed by atoms with Gasteiger partial charge in [-0.15, -0.1) is 0 Å². The van der Waals surface area contributed by atoms with Crippen LogP contribution in [-0.2, 0) is 0 Å². The van der Waals surface area contributed by atoms with Gasteiger partial charge >= 0.3 is 0 Å². The van der Waals surface area contributed by atoms with Gasteiger partial charge in [-0.05, 0) is 45.4 Å². The molecular weight excluding hydrogens is 264 g/mol. The second kappa shape index (κ2) is 7.19. The van der Waals surface area contributed by atoms with Crippen molar-refractivity contribution in [3.63, 3.8) is 0 Å². The average molecular weight is 286 g/mol. The molecule has 0 saturated carbocycles. The van der Waals surface area contributed by atoms with E-state index in [1.54, 1.807) is 12.1 Å². The fraction of sp³-hybridized carbons (Fsp3) is 0.562. The molecule has 1 N–H and O–H groups in total. The summed E-state index contributed by atoms with van der Waals surface area (Å²) in [5.41, 5.74) is 0.870. The minimum absolute atomic E-state index is 0.0677. The zero-order valence-corrected chi connectivity index (χ0v) is 12.7. The van der Waals surface area contributed by atoms with Crippen LogP contribution in [0, 0.1) is 11.3 Å². The summed E-state index contributed by atoms with van der Waals surface area (Å²) in [5, 5.41) is 12.3. The predicted molar refractivity (Wildman–Crippen MR) is 80.8 cm³/mol. The van der Waals surface area contributed by atoms with E-state index in [1.807, 2.05) is 24.8 Å². The molecule has 1 aromatic rings. The second-order valence-electron chi connectivity index (χ2n) is 5.74. The molecule has 5 nitrogen and oxygen atoms in total. The van der Waals surface area contributed by atoms with Gasteiger partial charge in [-0.1, -0.05) is 6.42 Å². The third kappa shape index (κ3) is 4.02. The van der Waals surface area contributed by atoms with Crippen LogP contribution in [0.2, 0.25) is 0 Å². The number of carbonyl (C=O) groups is 1. The first-order chi connectivity index (χ1) is 10.1. The number of hydrogen-bond donors (Lipinski definition) is 1. The van der Waals surface area contributed by atoms with E-state index in [9.17, 15) is 4.79 Å². The molecular formula is C16H22N4O. The van der Waals surface area contributed by atoms with Crippen molar-refractivity contribution in [1.29, 1.82) is 5.26 Å².